The Bertz CT molecular complexity index is 612. The molecule has 0 aliphatic carbocycles. The van der Waals surface area contributed by atoms with E-state index in [0.29, 0.717) is 11.8 Å². The van der Waals surface area contributed by atoms with Gasteiger partial charge in [-0.3, -0.25) is 4.79 Å². The van der Waals surface area contributed by atoms with Crippen LogP contribution in [0.25, 0.3) is 0 Å². The molecule has 0 N–H and O–H groups in total. The van der Waals surface area contributed by atoms with Crippen molar-refractivity contribution < 1.29 is 9.53 Å². The number of carbonyl (C=O) groups excluding carboxylic acids is 1. The van der Waals surface area contributed by atoms with Gasteiger partial charge in [-0.1, -0.05) is 55.5 Å². The average molecular weight is 295 g/mol. The first-order chi connectivity index (χ1) is 10.7. The minimum atomic E-state index is 0.0640. The molecule has 1 heterocycles. The molecule has 0 aromatic heterocycles. The maximum Gasteiger partial charge on any atom is 0.260 e. The molecule has 1 fully saturated rings. The highest BCUT2D eigenvalue weighted by Crippen LogP contribution is 2.32. The summed E-state index contributed by atoms with van der Waals surface area (Å²) in [5.74, 6) is 1.70. The Hall–Kier alpha value is -2.29. The lowest BCUT2D eigenvalue weighted by molar-refractivity contribution is -0.132. The SMILES string of the molecule is CC1CN(C(=O)COc2ccccc2)CC1c1ccccc1. The molecule has 22 heavy (non-hydrogen) atoms. The van der Waals surface area contributed by atoms with Gasteiger partial charge in [-0.2, -0.15) is 0 Å². The molecule has 1 saturated heterocycles. The topological polar surface area (TPSA) is 29.5 Å². The van der Waals surface area contributed by atoms with Crippen LogP contribution in [0.1, 0.15) is 18.4 Å². The molecular formula is C19H21NO2. The number of nitrogens with zero attached hydrogens (tertiary/aromatic N) is 1. The van der Waals surface area contributed by atoms with E-state index in [4.69, 9.17) is 4.74 Å². The molecule has 1 aliphatic heterocycles. The summed E-state index contributed by atoms with van der Waals surface area (Å²) in [6.07, 6.45) is 0. The molecule has 2 aromatic carbocycles. The molecule has 114 valence electrons. The van der Waals surface area contributed by atoms with Crippen molar-refractivity contribution in [3.63, 3.8) is 0 Å². The summed E-state index contributed by atoms with van der Waals surface area (Å²) in [6, 6.07) is 19.9. The molecule has 2 aromatic rings. The van der Waals surface area contributed by atoms with Crippen molar-refractivity contribution in [2.24, 2.45) is 5.92 Å². The van der Waals surface area contributed by atoms with Gasteiger partial charge >= 0.3 is 0 Å². The number of amides is 1. The van der Waals surface area contributed by atoms with Crippen LogP contribution in [0.2, 0.25) is 0 Å². The summed E-state index contributed by atoms with van der Waals surface area (Å²) < 4.78 is 5.57. The highest BCUT2D eigenvalue weighted by Gasteiger charge is 2.33. The fraction of sp³-hybridized carbons (Fsp3) is 0.316. The quantitative estimate of drug-likeness (QED) is 0.866. The average Bonchev–Trinajstić information content (AvgIpc) is 2.96. The first kappa shape index (κ1) is 14.6. The van der Waals surface area contributed by atoms with E-state index in [9.17, 15) is 4.79 Å². The zero-order valence-electron chi connectivity index (χ0n) is 12.8. The van der Waals surface area contributed by atoms with Gasteiger partial charge in [0.15, 0.2) is 6.61 Å². The second-order valence-corrected chi connectivity index (χ2v) is 5.89. The first-order valence-electron chi connectivity index (χ1n) is 7.74. The number of hydrogen-bond acceptors (Lipinski definition) is 2. The fourth-order valence-electron chi connectivity index (χ4n) is 3.06. The molecule has 1 aliphatic rings. The molecular weight excluding hydrogens is 274 g/mol. The lowest BCUT2D eigenvalue weighted by atomic mass is 9.90. The van der Waals surface area contributed by atoms with Gasteiger partial charge in [0.05, 0.1) is 0 Å². The van der Waals surface area contributed by atoms with E-state index >= 15 is 0 Å². The number of ether oxygens (including phenoxy) is 1. The Balaban J connectivity index is 1.58. The molecule has 3 heteroatoms. The maximum atomic E-state index is 12.3. The molecule has 0 spiro atoms. The highest BCUT2D eigenvalue weighted by atomic mass is 16.5. The minimum Gasteiger partial charge on any atom is -0.484 e. The van der Waals surface area contributed by atoms with Gasteiger partial charge in [0, 0.05) is 19.0 Å². The number of para-hydroxylation sites is 1. The highest BCUT2D eigenvalue weighted by molar-refractivity contribution is 5.78. The third-order valence-electron chi connectivity index (χ3n) is 4.30. The van der Waals surface area contributed by atoms with Crippen LogP contribution in [0.15, 0.2) is 60.7 Å². The van der Waals surface area contributed by atoms with Crippen molar-refractivity contribution >= 4 is 5.91 Å². The monoisotopic (exact) mass is 295 g/mol. The third kappa shape index (κ3) is 3.30. The summed E-state index contributed by atoms with van der Waals surface area (Å²) in [6.45, 7) is 3.90. The predicted octanol–water partition coefficient (Wildman–Crippen LogP) is 3.33. The van der Waals surface area contributed by atoms with E-state index < -0.39 is 0 Å². The molecule has 0 bridgehead atoms. The van der Waals surface area contributed by atoms with Gasteiger partial charge in [-0.15, -0.1) is 0 Å². The van der Waals surface area contributed by atoms with E-state index in [0.717, 1.165) is 18.8 Å². The van der Waals surface area contributed by atoms with Gasteiger partial charge in [0.1, 0.15) is 5.75 Å². The third-order valence-corrected chi connectivity index (χ3v) is 4.30. The second kappa shape index (κ2) is 6.65. The number of carbonyl (C=O) groups is 1. The largest absolute Gasteiger partial charge is 0.484 e. The molecule has 2 atom stereocenters. The van der Waals surface area contributed by atoms with Gasteiger partial charge in [-0.25, -0.2) is 0 Å². The van der Waals surface area contributed by atoms with Crippen LogP contribution in [0.4, 0.5) is 0 Å². The standard InChI is InChI=1S/C19H21NO2/c1-15-12-20(13-18(15)16-8-4-2-5-9-16)19(21)14-22-17-10-6-3-7-11-17/h2-11,15,18H,12-14H2,1H3. The van der Waals surface area contributed by atoms with Crippen LogP contribution >= 0.6 is 0 Å². The zero-order valence-corrected chi connectivity index (χ0v) is 12.8. The Labute approximate surface area is 131 Å². The molecule has 0 saturated carbocycles. The Morgan fingerprint density at radius 1 is 1.05 bits per heavy atom. The van der Waals surface area contributed by atoms with Crippen molar-refractivity contribution in [3.8, 4) is 5.75 Å². The van der Waals surface area contributed by atoms with E-state index in [1.807, 2.05) is 41.3 Å². The van der Waals surface area contributed by atoms with Crippen molar-refractivity contribution in [2.45, 2.75) is 12.8 Å². The summed E-state index contributed by atoms with van der Waals surface area (Å²) in [4.78, 5) is 14.3. The molecule has 3 rings (SSSR count). The normalized spacial score (nSPS) is 20.9. The van der Waals surface area contributed by atoms with Crippen molar-refractivity contribution in [1.29, 1.82) is 0 Å². The number of rotatable bonds is 4. The van der Waals surface area contributed by atoms with Crippen LogP contribution in [-0.2, 0) is 4.79 Å². The number of hydrogen-bond donors (Lipinski definition) is 0. The zero-order chi connectivity index (χ0) is 15.4. The van der Waals surface area contributed by atoms with Crippen LogP contribution in [0, 0.1) is 5.92 Å². The lowest BCUT2D eigenvalue weighted by Crippen LogP contribution is -2.33. The van der Waals surface area contributed by atoms with E-state index in [2.05, 4.69) is 31.2 Å². The summed E-state index contributed by atoms with van der Waals surface area (Å²) >= 11 is 0. The van der Waals surface area contributed by atoms with Crippen molar-refractivity contribution in [1.82, 2.24) is 4.90 Å². The summed E-state index contributed by atoms with van der Waals surface area (Å²) in [5, 5.41) is 0. The van der Waals surface area contributed by atoms with Crippen molar-refractivity contribution in [3.05, 3.63) is 66.2 Å². The van der Waals surface area contributed by atoms with E-state index in [1.54, 1.807) is 0 Å². The van der Waals surface area contributed by atoms with E-state index in [-0.39, 0.29) is 12.5 Å². The smallest absolute Gasteiger partial charge is 0.260 e. The Morgan fingerprint density at radius 3 is 2.36 bits per heavy atom. The number of likely N-dealkylation sites (tertiary alicyclic amines) is 1. The predicted molar refractivity (Wildman–Crippen MR) is 86.9 cm³/mol. The summed E-state index contributed by atoms with van der Waals surface area (Å²) in [7, 11) is 0. The first-order valence-corrected chi connectivity index (χ1v) is 7.74. The van der Waals surface area contributed by atoms with E-state index in [1.165, 1.54) is 5.56 Å². The molecule has 3 nitrogen and oxygen atoms in total. The van der Waals surface area contributed by atoms with Gasteiger partial charge in [-0.05, 0) is 23.6 Å². The maximum absolute atomic E-state index is 12.3. The fourth-order valence-corrected chi connectivity index (χ4v) is 3.06. The Morgan fingerprint density at radius 2 is 1.68 bits per heavy atom. The number of benzene rings is 2. The molecule has 0 radical (unpaired) electrons. The molecule has 2 unspecified atom stereocenters. The second-order valence-electron chi connectivity index (χ2n) is 5.89. The van der Waals surface area contributed by atoms with Gasteiger partial charge in [0.25, 0.3) is 5.91 Å². The molecule has 1 amide bonds. The van der Waals surface area contributed by atoms with Crippen molar-refractivity contribution in [2.75, 3.05) is 19.7 Å². The Kier molecular flexibility index (Phi) is 4.42. The lowest BCUT2D eigenvalue weighted by Gasteiger charge is -2.17. The van der Waals surface area contributed by atoms with Crippen LogP contribution < -0.4 is 4.74 Å². The van der Waals surface area contributed by atoms with Crippen LogP contribution in [0.5, 0.6) is 5.75 Å². The van der Waals surface area contributed by atoms with Gasteiger partial charge < -0.3 is 9.64 Å². The van der Waals surface area contributed by atoms with Crippen LogP contribution in [0.3, 0.4) is 0 Å². The van der Waals surface area contributed by atoms with Gasteiger partial charge in [0.2, 0.25) is 0 Å². The summed E-state index contributed by atoms with van der Waals surface area (Å²) in [5.41, 5.74) is 1.31. The minimum absolute atomic E-state index is 0.0640. The van der Waals surface area contributed by atoms with Crippen LogP contribution in [-0.4, -0.2) is 30.5 Å².